The van der Waals surface area contributed by atoms with E-state index < -0.39 is 6.10 Å². The van der Waals surface area contributed by atoms with Crippen molar-refractivity contribution in [1.29, 1.82) is 0 Å². The van der Waals surface area contributed by atoms with Crippen molar-refractivity contribution in [2.75, 3.05) is 27.3 Å². The lowest BCUT2D eigenvalue weighted by atomic mass is 9.72. The molecule has 1 heterocycles. The highest BCUT2D eigenvalue weighted by molar-refractivity contribution is 7.14. The predicted octanol–water partition coefficient (Wildman–Crippen LogP) is 2.98. The Morgan fingerprint density at radius 2 is 2.22 bits per heavy atom. The summed E-state index contributed by atoms with van der Waals surface area (Å²) in [5.74, 6) is 0.667. The monoisotopic (exact) mass is 339 g/mol. The molecule has 5 heteroatoms. The largest absolute Gasteiger partial charge is 0.389 e. The minimum absolute atomic E-state index is 0.00754. The minimum Gasteiger partial charge on any atom is -0.389 e. The summed E-state index contributed by atoms with van der Waals surface area (Å²) in [6.45, 7) is 7.43. The Labute approximate surface area is 143 Å². The highest BCUT2D eigenvalue weighted by atomic mass is 32.1. The summed E-state index contributed by atoms with van der Waals surface area (Å²) in [4.78, 5) is 16.3. The number of nitrogens with zero attached hydrogens (tertiary/aromatic N) is 1. The van der Waals surface area contributed by atoms with Gasteiger partial charge in [0, 0.05) is 25.6 Å². The molecule has 2 unspecified atom stereocenters. The van der Waals surface area contributed by atoms with Gasteiger partial charge in [0.1, 0.15) is 0 Å². The van der Waals surface area contributed by atoms with Gasteiger partial charge in [-0.25, -0.2) is 0 Å². The summed E-state index contributed by atoms with van der Waals surface area (Å²) in [6, 6.07) is 2.07. The SMILES string of the molecule is COCC(O)CN(C)C(=O)c1cc2c(s1)CCC(C(C)(C)C)C2. The number of carbonyl (C=O) groups is 1. The molecule has 0 aliphatic heterocycles. The van der Waals surface area contributed by atoms with Gasteiger partial charge in [-0.2, -0.15) is 0 Å². The van der Waals surface area contributed by atoms with E-state index in [0.29, 0.717) is 17.9 Å². The second-order valence-electron chi connectivity index (χ2n) is 7.66. The van der Waals surface area contributed by atoms with E-state index in [1.807, 2.05) is 0 Å². The molecule has 23 heavy (non-hydrogen) atoms. The average Bonchev–Trinajstić information content (AvgIpc) is 2.88. The van der Waals surface area contributed by atoms with Crippen LogP contribution in [0.5, 0.6) is 0 Å². The molecular weight excluding hydrogens is 310 g/mol. The number of rotatable bonds is 5. The summed E-state index contributed by atoms with van der Waals surface area (Å²) < 4.78 is 4.91. The van der Waals surface area contributed by atoms with Crippen LogP contribution in [-0.2, 0) is 17.6 Å². The number of hydrogen-bond donors (Lipinski definition) is 1. The number of aliphatic hydroxyl groups excluding tert-OH is 1. The van der Waals surface area contributed by atoms with Gasteiger partial charge >= 0.3 is 0 Å². The number of carbonyl (C=O) groups excluding carboxylic acids is 1. The highest BCUT2D eigenvalue weighted by Gasteiger charge is 2.30. The summed E-state index contributed by atoms with van der Waals surface area (Å²) in [6.07, 6.45) is 2.70. The third-order valence-corrected chi connectivity index (χ3v) is 5.93. The average molecular weight is 340 g/mol. The number of ether oxygens (including phenoxy) is 1. The van der Waals surface area contributed by atoms with Crippen LogP contribution in [0.2, 0.25) is 0 Å². The van der Waals surface area contributed by atoms with Crippen LogP contribution >= 0.6 is 11.3 Å². The van der Waals surface area contributed by atoms with E-state index >= 15 is 0 Å². The van der Waals surface area contributed by atoms with Crippen LogP contribution in [0.1, 0.15) is 47.3 Å². The molecule has 0 saturated heterocycles. The fraction of sp³-hybridized carbons (Fsp3) is 0.722. The number of amides is 1. The molecule has 4 nitrogen and oxygen atoms in total. The number of thiophene rings is 1. The van der Waals surface area contributed by atoms with Crippen molar-refractivity contribution in [3.8, 4) is 0 Å². The van der Waals surface area contributed by atoms with Crippen LogP contribution in [0, 0.1) is 11.3 Å². The van der Waals surface area contributed by atoms with Gasteiger partial charge in [-0.1, -0.05) is 20.8 Å². The summed E-state index contributed by atoms with van der Waals surface area (Å²) in [5, 5.41) is 9.79. The van der Waals surface area contributed by atoms with Crippen LogP contribution in [0.25, 0.3) is 0 Å². The lowest BCUT2D eigenvalue weighted by Crippen LogP contribution is -2.35. The summed E-state index contributed by atoms with van der Waals surface area (Å²) in [5.41, 5.74) is 1.65. The Bertz CT molecular complexity index is 547. The Morgan fingerprint density at radius 1 is 1.52 bits per heavy atom. The highest BCUT2D eigenvalue weighted by Crippen LogP contribution is 2.40. The van der Waals surface area contributed by atoms with Gasteiger partial charge in [-0.05, 0) is 42.2 Å². The van der Waals surface area contributed by atoms with Crippen molar-refractivity contribution in [3.05, 3.63) is 21.4 Å². The number of fused-ring (bicyclic) bond motifs is 1. The second kappa shape index (κ2) is 7.32. The second-order valence-corrected chi connectivity index (χ2v) is 8.80. The Balaban J connectivity index is 2.05. The fourth-order valence-corrected chi connectivity index (χ4v) is 4.40. The van der Waals surface area contributed by atoms with Crippen molar-refractivity contribution in [3.63, 3.8) is 0 Å². The van der Waals surface area contributed by atoms with Gasteiger partial charge in [-0.3, -0.25) is 4.79 Å². The molecular formula is C18H29NO3S. The van der Waals surface area contributed by atoms with Gasteiger partial charge in [-0.15, -0.1) is 11.3 Å². The Hall–Kier alpha value is -0.910. The van der Waals surface area contributed by atoms with Gasteiger partial charge in [0.05, 0.1) is 17.6 Å². The van der Waals surface area contributed by atoms with Crippen molar-refractivity contribution in [2.45, 2.75) is 46.1 Å². The van der Waals surface area contributed by atoms with E-state index in [0.717, 1.165) is 17.7 Å². The molecule has 0 spiro atoms. The van der Waals surface area contributed by atoms with Crippen LogP contribution in [0.4, 0.5) is 0 Å². The molecule has 1 aliphatic carbocycles. The molecule has 1 aromatic rings. The van der Waals surface area contributed by atoms with Gasteiger partial charge in [0.25, 0.3) is 5.91 Å². The molecule has 2 rings (SSSR count). The van der Waals surface area contributed by atoms with Gasteiger partial charge in [0.15, 0.2) is 0 Å². The number of hydrogen-bond acceptors (Lipinski definition) is 4. The number of methoxy groups -OCH3 is 1. The first kappa shape index (κ1) is 18.4. The zero-order valence-corrected chi connectivity index (χ0v) is 15.7. The molecule has 1 aliphatic rings. The molecule has 2 atom stereocenters. The molecule has 0 aromatic carbocycles. The first-order valence-corrected chi connectivity index (χ1v) is 9.08. The van der Waals surface area contributed by atoms with E-state index in [1.54, 1.807) is 30.4 Å². The Morgan fingerprint density at radius 3 is 2.83 bits per heavy atom. The molecule has 0 radical (unpaired) electrons. The molecule has 130 valence electrons. The smallest absolute Gasteiger partial charge is 0.263 e. The van der Waals surface area contributed by atoms with Crippen molar-refractivity contribution < 1.29 is 14.6 Å². The van der Waals surface area contributed by atoms with Crippen molar-refractivity contribution >= 4 is 17.2 Å². The maximum absolute atomic E-state index is 12.6. The first-order chi connectivity index (χ1) is 10.7. The molecule has 1 aromatic heterocycles. The summed E-state index contributed by atoms with van der Waals surface area (Å²) in [7, 11) is 3.28. The molecule has 0 bridgehead atoms. The number of likely N-dealkylation sites (N-methyl/N-ethyl adjacent to an activating group) is 1. The lowest BCUT2D eigenvalue weighted by Gasteiger charge is -2.33. The zero-order valence-electron chi connectivity index (χ0n) is 14.9. The first-order valence-electron chi connectivity index (χ1n) is 8.26. The maximum Gasteiger partial charge on any atom is 0.263 e. The number of aryl methyl sites for hydroxylation is 1. The number of aliphatic hydroxyl groups is 1. The third-order valence-electron chi connectivity index (χ3n) is 4.71. The molecule has 1 amide bonds. The van der Waals surface area contributed by atoms with E-state index in [2.05, 4.69) is 26.8 Å². The van der Waals surface area contributed by atoms with Gasteiger partial charge < -0.3 is 14.7 Å². The van der Waals surface area contributed by atoms with Crippen LogP contribution in [0.15, 0.2) is 6.07 Å². The fourth-order valence-electron chi connectivity index (χ4n) is 3.20. The maximum atomic E-state index is 12.6. The standard InChI is InChI=1S/C18H29NO3S/c1-18(2,3)13-6-7-15-12(8-13)9-16(23-15)17(21)19(4)10-14(20)11-22-5/h9,13-14,20H,6-8,10-11H2,1-5H3. The quantitative estimate of drug-likeness (QED) is 0.897. The third kappa shape index (κ3) is 4.55. The van der Waals surface area contributed by atoms with E-state index in [9.17, 15) is 9.90 Å². The Kier molecular flexibility index (Phi) is 5.87. The van der Waals surface area contributed by atoms with E-state index in [1.165, 1.54) is 16.9 Å². The van der Waals surface area contributed by atoms with Crippen molar-refractivity contribution in [1.82, 2.24) is 4.90 Å². The molecule has 0 fully saturated rings. The topological polar surface area (TPSA) is 49.8 Å². The zero-order chi connectivity index (χ0) is 17.2. The predicted molar refractivity (Wildman–Crippen MR) is 94.1 cm³/mol. The molecule has 0 saturated carbocycles. The normalized spacial score (nSPS) is 19.3. The van der Waals surface area contributed by atoms with Gasteiger partial charge in [0.2, 0.25) is 0 Å². The van der Waals surface area contributed by atoms with Crippen LogP contribution in [-0.4, -0.2) is 49.3 Å². The van der Waals surface area contributed by atoms with Crippen molar-refractivity contribution in [2.24, 2.45) is 11.3 Å². The van der Waals surface area contributed by atoms with E-state index in [-0.39, 0.29) is 12.5 Å². The van der Waals surface area contributed by atoms with Crippen LogP contribution in [0.3, 0.4) is 0 Å². The van der Waals surface area contributed by atoms with Crippen LogP contribution < -0.4 is 0 Å². The molecule has 1 N–H and O–H groups in total. The summed E-state index contributed by atoms with van der Waals surface area (Å²) >= 11 is 1.62. The minimum atomic E-state index is -0.645. The lowest BCUT2D eigenvalue weighted by molar-refractivity contribution is 0.0382. The van der Waals surface area contributed by atoms with E-state index in [4.69, 9.17) is 4.74 Å².